The summed E-state index contributed by atoms with van der Waals surface area (Å²) in [4.78, 5) is 26.9. The minimum Gasteiger partial charge on any atom is -0.292 e. The Kier molecular flexibility index (Phi) is 3.32. The van der Waals surface area contributed by atoms with Crippen molar-refractivity contribution in [3.63, 3.8) is 0 Å². The maximum absolute atomic E-state index is 12.7. The van der Waals surface area contributed by atoms with Gasteiger partial charge in [0, 0.05) is 18.0 Å². The third kappa shape index (κ3) is 2.68. The molecule has 0 spiro atoms. The van der Waals surface area contributed by atoms with E-state index in [1.54, 1.807) is 13.1 Å². The largest absolute Gasteiger partial charge is 0.347 e. The normalized spacial score (nSPS) is 10.3. The summed E-state index contributed by atoms with van der Waals surface area (Å²) in [6, 6.07) is 5.22. The van der Waals surface area contributed by atoms with E-state index < -0.39 is 11.5 Å². The topological polar surface area (TPSA) is 52.0 Å². The molecule has 0 atom stereocenters. The average Bonchev–Trinajstić information content (AvgIpc) is 2.34. The first kappa shape index (κ1) is 12.2. The van der Waals surface area contributed by atoms with Crippen molar-refractivity contribution < 1.29 is 9.18 Å². The van der Waals surface area contributed by atoms with Crippen LogP contribution in [0.3, 0.4) is 0 Å². The van der Waals surface area contributed by atoms with Gasteiger partial charge in [-0.15, -0.1) is 0 Å². The summed E-state index contributed by atoms with van der Waals surface area (Å²) in [7, 11) is 0. The summed E-state index contributed by atoms with van der Waals surface area (Å²) in [6.45, 7) is 1.68. The first-order valence-electron chi connectivity index (χ1n) is 5.38. The van der Waals surface area contributed by atoms with Crippen LogP contribution in [0.25, 0.3) is 0 Å². The third-order valence-electron chi connectivity index (χ3n) is 2.46. The van der Waals surface area contributed by atoms with Gasteiger partial charge in [0.2, 0.25) is 0 Å². The van der Waals surface area contributed by atoms with Crippen LogP contribution in [0.5, 0.6) is 0 Å². The summed E-state index contributed by atoms with van der Waals surface area (Å²) in [5, 5.41) is 0. The molecule has 18 heavy (non-hydrogen) atoms. The van der Waals surface area contributed by atoms with Crippen LogP contribution in [0.2, 0.25) is 0 Å². The predicted octanol–water partition coefficient (Wildman–Crippen LogP) is 1.57. The summed E-state index contributed by atoms with van der Waals surface area (Å²) in [6.07, 6.45) is 3.01. The fourth-order valence-electron chi connectivity index (χ4n) is 1.56. The Labute approximate surface area is 103 Å². The van der Waals surface area contributed by atoms with Gasteiger partial charge in [0.1, 0.15) is 5.82 Å². The zero-order valence-corrected chi connectivity index (χ0v) is 9.76. The second kappa shape index (κ2) is 4.91. The van der Waals surface area contributed by atoms with Gasteiger partial charge in [-0.3, -0.25) is 9.36 Å². The lowest BCUT2D eigenvalue weighted by Crippen LogP contribution is -2.26. The maximum atomic E-state index is 12.7. The number of halogens is 1. The Morgan fingerprint density at radius 3 is 2.67 bits per heavy atom. The molecule has 1 aromatic carbocycles. The molecule has 0 saturated heterocycles. The fourth-order valence-corrected chi connectivity index (χ4v) is 1.56. The van der Waals surface area contributed by atoms with Crippen LogP contribution in [-0.2, 0) is 6.54 Å². The van der Waals surface area contributed by atoms with Gasteiger partial charge in [-0.2, -0.15) is 0 Å². The SMILES string of the molecule is Cc1cnc(=O)n(CC(=O)c2ccc(F)cc2)c1. The van der Waals surface area contributed by atoms with Gasteiger partial charge in [0.15, 0.2) is 5.78 Å². The van der Waals surface area contributed by atoms with Gasteiger partial charge in [0.05, 0.1) is 6.54 Å². The predicted molar refractivity (Wildman–Crippen MR) is 64.0 cm³/mol. The smallest absolute Gasteiger partial charge is 0.292 e. The molecule has 5 heteroatoms. The summed E-state index contributed by atoms with van der Waals surface area (Å²) in [5.41, 5.74) is 0.683. The minimum atomic E-state index is -0.476. The molecule has 1 aromatic heterocycles. The van der Waals surface area contributed by atoms with Crippen LogP contribution in [0.4, 0.5) is 4.39 Å². The average molecular weight is 246 g/mol. The fraction of sp³-hybridized carbons (Fsp3) is 0.154. The molecule has 0 aliphatic heterocycles. The quantitative estimate of drug-likeness (QED) is 0.772. The third-order valence-corrected chi connectivity index (χ3v) is 2.46. The lowest BCUT2D eigenvalue weighted by Gasteiger charge is -2.05. The van der Waals surface area contributed by atoms with Gasteiger partial charge < -0.3 is 0 Å². The molecule has 0 bridgehead atoms. The molecule has 2 aromatic rings. The molecular weight excluding hydrogens is 235 g/mol. The second-order valence-corrected chi connectivity index (χ2v) is 3.97. The zero-order valence-electron chi connectivity index (χ0n) is 9.76. The monoisotopic (exact) mass is 246 g/mol. The summed E-state index contributed by atoms with van der Waals surface area (Å²) in [5.74, 6) is -0.662. The Bertz CT molecular complexity index is 632. The lowest BCUT2D eigenvalue weighted by molar-refractivity contribution is 0.0970. The molecule has 0 fully saturated rings. The molecule has 0 amide bonds. The summed E-state index contributed by atoms with van der Waals surface area (Å²) < 4.78 is 14.0. The number of nitrogens with zero attached hydrogens (tertiary/aromatic N) is 2. The van der Waals surface area contributed by atoms with Crippen molar-refractivity contribution in [2.75, 3.05) is 0 Å². The van der Waals surface area contributed by atoms with Crippen molar-refractivity contribution in [3.8, 4) is 0 Å². The molecule has 4 nitrogen and oxygen atoms in total. The molecule has 0 N–H and O–H groups in total. The second-order valence-electron chi connectivity index (χ2n) is 3.97. The number of hydrogen-bond acceptors (Lipinski definition) is 3. The van der Waals surface area contributed by atoms with Crippen molar-refractivity contribution in [3.05, 3.63) is 64.1 Å². The highest BCUT2D eigenvalue weighted by atomic mass is 19.1. The number of benzene rings is 1. The number of carbonyl (C=O) groups excluding carboxylic acids is 1. The molecule has 92 valence electrons. The molecule has 1 heterocycles. The van der Waals surface area contributed by atoms with E-state index in [0.717, 1.165) is 5.56 Å². The van der Waals surface area contributed by atoms with Gasteiger partial charge in [-0.05, 0) is 36.8 Å². The van der Waals surface area contributed by atoms with Gasteiger partial charge in [-0.25, -0.2) is 14.2 Å². The lowest BCUT2D eigenvalue weighted by atomic mass is 10.1. The van der Waals surface area contributed by atoms with Gasteiger partial charge in [0.25, 0.3) is 0 Å². The van der Waals surface area contributed by atoms with Gasteiger partial charge >= 0.3 is 5.69 Å². The van der Waals surface area contributed by atoms with Gasteiger partial charge in [-0.1, -0.05) is 0 Å². The number of carbonyl (C=O) groups is 1. The standard InChI is InChI=1S/C13H11FN2O2/c1-9-6-15-13(18)16(7-9)8-12(17)10-2-4-11(14)5-3-10/h2-7H,8H2,1H3. The van der Waals surface area contributed by atoms with Crippen LogP contribution in [0, 0.1) is 12.7 Å². The van der Waals surface area contributed by atoms with Crippen LogP contribution >= 0.6 is 0 Å². The maximum Gasteiger partial charge on any atom is 0.347 e. The highest BCUT2D eigenvalue weighted by Crippen LogP contribution is 2.04. The van der Waals surface area contributed by atoms with E-state index in [0.29, 0.717) is 5.56 Å². The van der Waals surface area contributed by atoms with E-state index in [9.17, 15) is 14.0 Å². The van der Waals surface area contributed by atoms with Crippen LogP contribution in [0.15, 0.2) is 41.5 Å². The van der Waals surface area contributed by atoms with E-state index in [1.807, 2.05) is 0 Å². The number of Topliss-reactive ketones (excluding diaryl/α,β-unsaturated/α-hetero) is 1. The van der Waals surface area contributed by atoms with Crippen LogP contribution in [0.1, 0.15) is 15.9 Å². The Balaban J connectivity index is 2.24. The zero-order chi connectivity index (χ0) is 13.1. The number of aryl methyl sites for hydroxylation is 1. The van der Waals surface area contributed by atoms with Crippen molar-refractivity contribution in [1.29, 1.82) is 0 Å². The number of ketones is 1. The number of rotatable bonds is 3. The molecule has 0 aliphatic rings. The Morgan fingerprint density at radius 2 is 2.00 bits per heavy atom. The number of aromatic nitrogens is 2. The molecular formula is C13H11FN2O2. The first-order chi connectivity index (χ1) is 8.56. The molecule has 0 saturated carbocycles. The van der Waals surface area contributed by atoms with Crippen molar-refractivity contribution in [2.24, 2.45) is 0 Å². The minimum absolute atomic E-state index is 0.0981. The van der Waals surface area contributed by atoms with E-state index in [-0.39, 0.29) is 12.3 Å². The Hall–Kier alpha value is -2.30. The van der Waals surface area contributed by atoms with Crippen molar-refractivity contribution in [1.82, 2.24) is 9.55 Å². The van der Waals surface area contributed by atoms with E-state index >= 15 is 0 Å². The Morgan fingerprint density at radius 1 is 1.33 bits per heavy atom. The number of hydrogen-bond donors (Lipinski definition) is 0. The van der Waals surface area contributed by atoms with E-state index in [1.165, 1.54) is 35.0 Å². The van der Waals surface area contributed by atoms with E-state index in [2.05, 4.69) is 4.98 Å². The highest BCUT2D eigenvalue weighted by Gasteiger charge is 2.08. The van der Waals surface area contributed by atoms with Crippen LogP contribution < -0.4 is 5.69 Å². The summed E-state index contributed by atoms with van der Waals surface area (Å²) >= 11 is 0. The molecule has 0 radical (unpaired) electrons. The molecule has 2 rings (SSSR count). The van der Waals surface area contributed by atoms with Crippen LogP contribution in [-0.4, -0.2) is 15.3 Å². The van der Waals surface area contributed by atoms with E-state index in [4.69, 9.17) is 0 Å². The highest BCUT2D eigenvalue weighted by molar-refractivity contribution is 5.95. The first-order valence-corrected chi connectivity index (χ1v) is 5.38. The van der Waals surface area contributed by atoms with Crippen molar-refractivity contribution in [2.45, 2.75) is 13.5 Å². The van der Waals surface area contributed by atoms with Crippen molar-refractivity contribution >= 4 is 5.78 Å². The molecule has 0 aliphatic carbocycles. The molecule has 0 unspecified atom stereocenters.